The average Bonchev–Trinajstić information content (AvgIpc) is 2.93. The van der Waals surface area contributed by atoms with E-state index in [1.54, 1.807) is 0 Å². The molecule has 2 rings (SSSR count). The molecule has 2 bridgehead atoms. The summed E-state index contributed by atoms with van der Waals surface area (Å²) in [4.78, 5) is 11.1. The Balaban J connectivity index is 1.63. The summed E-state index contributed by atoms with van der Waals surface area (Å²) in [5.74, 6) is 1.54. The molecule has 2 fully saturated rings. The smallest absolute Gasteiger partial charge is 0.125 e. The van der Waals surface area contributed by atoms with Crippen LogP contribution in [-0.2, 0) is 9.53 Å². The van der Waals surface area contributed by atoms with Crippen molar-refractivity contribution in [1.29, 1.82) is 0 Å². The van der Waals surface area contributed by atoms with Crippen molar-refractivity contribution in [3.05, 3.63) is 0 Å². The molecule has 0 aromatic carbocycles. The zero-order valence-corrected chi connectivity index (χ0v) is 11.1. The fraction of sp³-hybridized carbons (Fsp3) is 0.933. The summed E-state index contributed by atoms with van der Waals surface area (Å²) < 4.78 is 5.99. The lowest BCUT2D eigenvalue weighted by molar-refractivity contribution is -0.118. The standard InChI is InChI=1S/C15H26O2/c1-2-3-4-5-6-9-17-15-13-8-7-12(10-13)14(15)11-16/h11-15H,2-10H2,1H3/t12-,13+,14-,15-/m0/s1. The lowest BCUT2D eigenvalue weighted by Gasteiger charge is -2.27. The largest absolute Gasteiger partial charge is 0.377 e. The molecule has 0 aromatic rings. The van der Waals surface area contributed by atoms with E-state index < -0.39 is 0 Å². The SMILES string of the molecule is CCCCCCCO[C@H]1[C@@H]2CC[C@@H](C2)[C@@H]1C=O. The van der Waals surface area contributed by atoms with Crippen molar-refractivity contribution in [3.8, 4) is 0 Å². The first kappa shape index (κ1) is 13.1. The number of carbonyl (C=O) groups excluding carboxylic acids is 1. The van der Waals surface area contributed by atoms with E-state index in [0.717, 1.165) is 12.9 Å². The third-order valence-corrected chi connectivity index (χ3v) is 4.62. The highest BCUT2D eigenvalue weighted by Crippen LogP contribution is 2.49. The van der Waals surface area contributed by atoms with Crippen LogP contribution in [0.3, 0.4) is 0 Å². The molecule has 0 aromatic heterocycles. The van der Waals surface area contributed by atoms with E-state index in [-0.39, 0.29) is 12.0 Å². The van der Waals surface area contributed by atoms with Crippen molar-refractivity contribution in [2.24, 2.45) is 17.8 Å². The van der Waals surface area contributed by atoms with Gasteiger partial charge >= 0.3 is 0 Å². The second-order valence-corrected chi connectivity index (χ2v) is 5.80. The second-order valence-electron chi connectivity index (χ2n) is 5.80. The number of hydrogen-bond acceptors (Lipinski definition) is 2. The normalized spacial score (nSPS) is 35.4. The van der Waals surface area contributed by atoms with Crippen LogP contribution in [0.2, 0.25) is 0 Å². The Labute approximate surface area is 105 Å². The fourth-order valence-corrected chi connectivity index (χ4v) is 3.64. The minimum absolute atomic E-state index is 0.212. The van der Waals surface area contributed by atoms with E-state index in [4.69, 9.17) is 4.74 Å². The molecule has 0 saturated heterocycles. The molecule has 17 heavy (non-hydrogen) atoms. The van der Waals surface area contributed by atoms with Crippen LogP contribution in [0, 0.1) is 17.8 Å². The first-order chi connectivity index (χ1) is 8.36. The first-order valence-electron chi connectivity index (χ1n) is 7.43. The van der Waals surface area contributed by atoms with Crippen LogP contribution in [-0.4, -0.2) is 19.0 Å². The molecule has 0 spiro atoms. The van der Waals surface area contributed by atoms with Gasteiger partial charge in [-0.1, -0.05) is 32.6 Å². The summed E-state index contributed by atoms with van der Waals surface area (Å²) in [6.45, 7) is 3.10. The Morgan fingerprint density at radius 1 is 1.12 bits per heavy atom. The third kappa shape index (κ3) is 3.09. The van der Waals surface area contributed by atoms with Gasteiger partial charge in [-0.05, 0) is 37.5 Å². The van der Waals surface area contributed by atoms with Crippen LogP contribution in [0.15, 0.2) is 0 Å². The van der Waals surface area contributed by atoms with Gasteiger partial charge in [-0.15, -0.1) is 0 Å². The van der Waals surface area contributed by atoms with Crippen LogP contribution in [0.1, 0.15) is 58.3 Å². The van der Waals surface area contributed by atoms with Gasteiger partial charge in [-0.3, -0.25) is 0 Å². The molecule has 0 radical (unpaired) electrons. The summed E-state index contributed by atoms with van der Waals surface area (Å²) >= 11 is 0. The van der Waals surface area contributed by atoms with Gasteiger partial charge in [-0.2, -0.15) is 0 Å². The van der Waals surface area contributed by atoms with Gasteiger partial charge in [-0.25, -0.2) is 0 Å². The van der Waals surface area contributed by atoms with E-state index in [9.17, 15) is 4.79 Å². The predicted octanol–water partition coefficient (Wildman–Crippen LogP) is 3.59. The average molecular weight is 238 g/mol. The quantitative estimate of drug-likeness (QED) is 0.477. The second kappa shape index (κ2) is 6.53. The Hall–Kier alpha value is -0.370. The molecule has 0 heterocycles. The monoisotopic (exact) mass is 238 g/mol. The van der Waals surface area contributed by atoms with E-state index in [1.807, 2.05) is 0 Å². The lowest BCUT2D eigenvalue weighted by Crippen LogP contribution is -2.31. The van der Waals surface area contributed by atoms with E-state index in [2.05, 4.69) is 6.92 Å². The van der Waals surface area contributed by atoms with E-state index in [1.165, 1.54) is 51.4 Å². The summed E-state index contributed by atoms with van der Waals surface area (Å²) in [6.07, 6.45) is 11.6. The van der Waals surface area contributed by atoms with Crippen LogP contribution in [0.5, 0.6) is 0 Å². The van der Waals surface area contributed by atoms with E-state index in [0.29, 0.717) is 11.8 Å². The van der Waals surface area contributed by atoms with Gasteiger partial charge in [0.2, 0.25) is 0 Å². The number of carbonyl (C=O) groups is 1. The highest BCUT2D eigenvalue weighted by molar-refractivity contribution is 5.56. The van der Waals surface area contributed by atoms with Crippen molar-refractivity contribution in [3.63, 3.8) is 0 Å². The fourth-order valence-electron chi connectivity index (χ4n) is 3.64. The van der Waals surface area contributed by atoms with Gasteiger partial charge in [0.05, 0.1) is 6.10 Å². The molecular formula is C15H26O2. The summed E-state index contributed by atoms with van der Waals surface area (Å²) in [5, 5.41) is 0. The topological polar surface area (TPSA) is 26.3 Å². The Bertz CT molecular complexity index is 239. The maximum absolute atomic E-state index is 11.1. The Morgan fingerprint density at radius 3 is 2.65 bits per heavy atom. The summed E-state index contributed by atoms with van der Waals surface area (Å²) in [6, 6.07) is 0. The van der Waals surface area contributed by atoms with Crippen molar-refractivity contribution in [1.82, 2.24) is 0 Å². The zero-order chi connectivity index (χ0) is 12.1. The highest BCUT2D eigenvalue weighted by Gasteiger charge is 2.48. The maximum Gasteiger partial charge on any atom is 0.125 e. The van der Waals surface area contributed by atoms with Crippen molar-refractivity contribution in [2.75, 3.05) is 6.61 Å². The molecule has 2 nitrogen and oxygen atoms in total. The van der Waals surface area contributed by atoms with Gasteiger partial charge in [0, 0.05) is 12.5 Å². The minimum Gasteiger partial charge on any atom is -0.377 e. The summed E-state index contributed by atoms with van der Waals surface area (Å²) in [5.41, 5.74) is 0. The molecule has 4 atom stereocenters. The number of fused-ring (bicyclic) bond motifs is 2. The number of hydrogen-bond donors (Lipinski definition) is 0. The first-order valence-corrected chi connectivity index (χ1v) is 7.43. The Kier molecular flexibility index (Phi) is 5.02. The molecule has 2 heteroatoms. The lowest BCUT2D eigenvalue weighted by atomic mass is 9.87. The van der Waals surface area contributed by atoms with Crippen molar-refractivity contribution < 1.29 is 9.53 Å². The van der Waals surface area contributed by atoms with Crippen molar-refractivity contribution >= 4 is 6.29 Å². The van der Waals surface area contributed by atoms with Crippen LogP contribution in [0.4, 0.5) is 0 Å². The van der Waals surface area contributed by atoms with Crippen LogP contribution < -0.4 is 0 Å². The molecule has 0 unspecified atom stereocenters. The maximum atomic E-state index is 11.1. The molecule has 0 aliphatic heterocycles. The predicted molar refractivity (Wildman–Crippen MR) is 68.9 cm³/mol. The summed E-state index contributed by atoms with van der Waals surface area (Å²) in [7, 11) is 0. The van der Waals surface area contributed by atoms with Crippen molar-refractivity contribution in [2.45, 2.75) is 64.4 Å². The molecule has 2 saturated carbocycles. The molecule has 0 amide bonds. The molecule has 2 aliphatic rings. The van der Waals surface area contributed by atoms with E-state index >= 15 is 0 Å². The zero-order valence-electron chi connectivity index (χ0n) is 11.1. The van der Waals surface area contributed by atoms with Gasteiger partial charge in [0.1, 0.15) is 6.29 Å². The highest BCUT2D eigenvalue weighted by atomic mass is 16.5. The molecular weight excluding hydrogens is 212 g/mol. The molecule has 98 valence electrons. The number of unbranched alkanes of at least 4 members (excludes halogenated alkanes) is 4. The number of rotatable bonds is 8. The van der Waals surface area contributed by atoms with Gasteiger partial charge in [0.15, 0.2) is 0 Å². The molecule has 0 N–H and O–H groups in total. The number of ether oxygens (including phenoxy) is 1. The van der Waals surface area contributed by atoms with Gasteiger partial charge < -0.3 is 9.53 Å². The third-order valence-electron chi connectivity index (χ3n) is 4.62. The van der Waals surface area contributed by atoms with Crippen LogP contribution >= 0.6 is 0 Å². The van der Waals surface area contributed by atoms with Gasteiger partial charge in [0.25, 0.3) is 0 Å². The van der Waals surface area contributed by atoms with Crippen LogP contribution in [0.25, 0.3) is 0 Å². The number of aldehydes is 1. The molecule has 2 aliphatic carbocycles. The Morgan fingerprint density at radius 2 is 1.88 bits per heavy atom. The minimum atomic E-state index is 0.212.